The van der Waals surface area contributed by atoms with Crippen LogP contribution in [0.1, 0.15) is 12.0 Å². The Hall–Kier alpha value is -2.33. The number of halogens is 1. The zero-order chi connectivity index (χ0) is 16.2. The Bertz CT molecular complexity index is 811. The minimum atomic E-state index is 0.0968. The van der Waals surface area contributed by atoms with Gasteiger partial charge in [-0.25, -0.2) is 0 Å². The molecule has 0 bridgehead atoms. The molecule has 0 aliphatic carbocycles. The number of carbonyl (C=O) groups is 1. The van der Waals surface area contributed by atoms with E-state index in [0.717, 1.165) is 16.5 Å². The highest BCUT2D eigenvalue weighted by Gasteiger charge is 2.11. The second kappa shape index (κ2) is 6.84. The number of benzene rings is 2. The third-order valence-corrected chi connectivity index (χ3v) is 4.10. The van der Waals surface area contributed by atoms with Gasteiger partial charge < -0.3 is 4.90 Å². The van der Waals surface area contributed by atoms with Crippen LogP contribution >= 0.6 is 11.6 Å². The Morgan fingerprint density at radius 2 is 1.91 bits per heavy atom. The van der Waals surface area contributed by atoms with E-state index in [9.17, 15) is 4.79 Å². The first-order chi connectivity index (χ1) is 11.1. The van der Waals surface area contributed by atoms with Gasteiger partial charge in [-0.3, -0.25) is 9.48 Å². The highest BCUT2D eigenvalue weighted by atomic mass is 35.5. The van der Waals surface area contributed by atoms with Crippen LogP contribution in [-0.2, 0) is 17.9 Å². The number of rotatable bonds is 5. The van der Waals surface area contributed by atoms with Crippen molar-refractivity contribution in [3.63, 3.8) is 0 Å². The second-order valence-corrected chi connectivity index (χ2v) is 5.99. The van der Waals surface area contributed by atoms with E-state index in [0.29, 0.717) is 24.5 Å². The summed E-state index contributed by atoms with van der Waals surface area (Å²) in [6.45, 7) is 1.16. The van der Waals surface area contributed by atoms with Crippen LogP contribution in [0.4, 0.5) is 0 Å². The third-order valence-electron chi connectivity index (χ3n) is 3.85. The maximum absolute atomic E-state index is 12.3. The predicted molar refractivity (Wildman–Crippen MR) is 92.3 cm³/mol. The van der Waals surface area contributed by atoms with Gasteiger partial charge in [0.1, 0.15) is 0 Å². The molecule has 0 spiro atoms. The van der Waals surface area contributed by atoms with Crippen molar-refractivity contribution in [2.45, 2.75) is 19.5 Å². The lowest BCUT2D eigenvalue weighted by molar-refractivity contribution is -0.130. The maximum atomic E-state index is 12.3. The van der Waals surface area contributed by atoms with E-state index < -0.39 is 0 Å². The van der Waals surface area contributed by atoms with Crippen molar-refractivity contribution in [1.82, 2.24) is 14.7 Å². The van der Waals surface area contributed by atoms with Crippen molar-refractivity contribution in [3.8, 4) is 0 Å². The molecule has 0 radical (unpaired) electrons. The van der Waals surface area contributed by atoms with Crippen LogP contribution < -0.4 is 0 Å². The van der Waals surface area contributed by atoms with Crippen LogP contribution in [0.25, 0.3) is 10.9 Å². The summed E-state index contributed by atoms with van der Waals surface area (Å²) in [7, 11) is 1.82. The van der Waals surface area contributed by atoms with Crippen LogP contribution in [-0.4, -0.2) is 27.6 Å². The molecule has 0 aliphatic heterocycles. The van der Waals surface area contributed by atoms with Crippen LogP contribution in [0.15, 0.2) is 54.7 Å². The quantitative estimate of drug-likeness (QED) is 0.716. The highest BCUT2D eigenvalue weighted by Crippen LogP contribution is 2.14. The van der Waals surface area contributed by atoms with Gasteiger partial charge in [0, 0.05) is 30.4 Å². The molecule has 5 heteroatoms. The topological polar surface area (TPSA) is 38.1 Å². The molecule has 3 rings (SSSR count). The molecule has 23 heavy (non-hydrogen) atoms. The number of fused-ring (bicyclic) bond motifs is 1. The normalized spacial score (nSPS) is 10.9. The second-order valence-electron chi connectivity index (χ2n) is 5.55. The molecular weight excluding hydrogens is 310 g/mol. The molecule has 0 unspecified atom stereocenters. The van der Waals surface area contributed by atoms with Gasteiger partial charge in [-0.2, -0.15) is 5.10 Å². The van der Waals surface area contributed by atoms with Crippen LogP contribution in [0, 0.1) is 0 Å². The molecule has 0 saturated carbocycles. The molecule has 118 valence electrons. The van der Waals surface area contributed by atoms with Crippen molar-refractivity contribution in [3.05, 3.63) is 65.3 Å². The first-order valence-electron chi connectivity index (χ1n) is 7.52. The van der Waals surface area contributed by atoms with Crippen LogP contribution in [0.2, 0.25) is 5.02 Å². The van der Waals surface area contributed by atoms with Gasteiger partial charge in [-0.1, -0.05) is 41.9 Å². The van der Waals surface area contributed by atoms with Crippen molar-refractivity contribution < 1.29 is 4.79 Å². The van der Waals surface area contributed by atoms with Crippen LogP contribution in [0.3, 0.4) is 0 Å². The monoisotopic (exact) mass is 327 g/mol. The fourth-order valence-corrected chi connectivity index (χ4v) is 2.67. The lowest BCUT2D eigenvalue weighted by Crippen LogP contribution is -2.27. The summed E-state index contributed by atoms with van der Waals surface area (Å²) in [6.07, 6.45) is 2.26. The number of nitrogens with zero attached hydrogens (tertiary/aromatic N) is 3. The van der Waals surface area contributed by atoms with Crippen molar-refractivity contribution in [2.75, 3.05) is 7.05 Å². The lowest BCUT2D eigenvalue weighted by Gasteiger charge is -2.17. The van der Waals surface area contributed by atoms with E-state index in [4.69, 9.17) is 11.6 Å². The Kier molecular flexibility index (Phi) is 4.63. The molecular formula is C18H18ClN3O. The van der Waals surface area contributed by atoms with Gasteiger partial charge >= 0.3 is 0 Å². The number of aromatic nitrogens is 2. The molecule has 0 saturated heterocycles. The zero-order valence-electron chi connectivity index (χ0n) is 12.9. The minimum Gasteiger partial charge on any atom is -0.341 e. The van der Waals surface area contributed by atoms with E-state index >= 15 is 0 Å². The summed E-state index contributed by atoms with van der Waals surface area (Å²) in [5.41, 5.74) is 2.12. The first kappa shape index (κ1) is 15.6. The van der Waals surface area contributed by atoms with Gasteiger partial charge in [-0.05, 0) is 23.8 Å². The van der Waals surface area contributed by atoms with E-state index in [-0.39, 0.29) is 5.91 Å². The lowest BCUT2D eigenvalue weighted by atomic mass is 10.2. The summed E-state index contributed by atoms with van der Waals surface area (Å²) in [4.78, 5) is 14.0. The Morgan fingerprint density at radius 3 is 2.70 bits per heavy atom. The number of amides is 1. The summed E-state index contributed by atoms with van der Waals surface area (Å²) < 4.78 is 1.88. The van der Waals surface area contributed by atoms with E-state index in [1.807, 2.05) is 66.5 Å². The molecule has 3 aromatic rings. The average molecular weight is 328 g/mol. The molecule has 0 fully saturated rings. The van der Waals surface area contributed by atoms with Crippen molar-refractivity contribution >= 4 is 28.4 Å². The average Bonchev–Trinajstić information content (AvgIpc) is 2.98. The Balaban J connectivity index is 1.59. The molecule has 1 heterocycles. The van der Waals surface area contributed by atoms with Crippen molar-refractivity contribution in [1.29, 1.82) is 0 Å². The number of hydrogen-bond acceptors (Lipinski definition) is 2. The molecule has 1 amide bonds. The molecule has 2 aromatic carbocycles. The van der Waals surface area contributed by atoms with E-state index in [1.165, 1.54) is 0 Å². The smallest absolute Gasteiger partial charge is 0.224 e. The SMILES string of the molecule is CN(Cc1ccc(Cl)cc1)C(=O)CCn1ncc2ccccc21. The van der Waals surface area contributed by atoms with Gasteiger partial charge in [0.25, 0.3) is 0 Å². The standard InChI is InChI=1S/C18H18ClN3O/c1-21(13-14-6-8-16(19)9-7-14)18(23)10-11-22-17-5-3-2-4-15(17)12-20-22/h2-9,12H,10-11,13H2,1H3. The molecule has 0 N–H and O–H groups in total. The maximum Gasteiger partial charge on any atom is 0.224 e. The van der Waals surface area contributed by atoms with Gasteiger partial charge in [0.2, 0.25) is 5.91 Å². The number of carbonyl (C=O) groups excluding carboxylic acids is 1. The van der Waals surface area contributed by atoms with Gasteiger partial charge in [0.05, 0.1) is 18.3 Å². The van der Waals surface area contributed by atoms with Gasteiger partial charge in [0.15, 0.2) is 0 Å². The fraction of sp³-hybridized carbons (Fsp3) is 0.222. The first-order valence-corrected chi connectivity index (χ1v) is 7.90. The number of para-hydroxylation sites is 1. The number of hydrogen-bond donors (Lipinski definition) is 0. The summed E-state index contributed by atoms with van der Waals surface area (Å²) in [5, 5.41) is 6.15. The highest BCUT2D eigenvalue weighted by molar-refractivity contribution is 6.30. The Morgan fingerprint density at radius 1 is 1.17 bits per heavy atom. The predicted octanol–water partition coefficient (Wildman–Crippen LogP) is 3.74. The molecule has 4 nitrogen and oxygen atoms in total. The number of aryl methyl sites for hydroxylation is 1. The summed E-state index contributed by atoms with van der Waals surface area (Å²) in [5.74, 6) is 0.0968. The Labute approximate surface area is 140 Å². The summed E-state index contributed by atoms with van der Waals surface area (Å²) >= 11 is 5.88. The van der Waals surface area contributed by atoms with E-state index in [2.05, 4.69) is 5.10 Å². The zero-order valence-corrected chi connectivity index (χ0v) is 13.7. The van der Waals surface area contributed by atoms with Crippen LogP contribution in [0.5, 0.6) is 0 Å². The third kappa shape index (κ3) is 3.71. The molecule has 1 aromatic heterocycles. The fourth-order valence-electron chi connectivity index (χ4n) is 2.55. The largest absolute Gasteiger partial charge is 0.341 e. The molecule has 0 aliphatic rings. The summed E-state index contributed by atoms with van der Waals surface area (Å²) in [6, 6.07) is 15.6. The molecule has 0 atom stereocenters. The van der Waals surface area contributed by atoms with Gasteiger partial charge in [-0.15, -0.1) is 0 Å². The van der Waals surface area contributed by atoms with E-state index in [1.54, 1.807) is 4.90 Å². The van der Waals surface area contributed by atoms with Crippen molar-refractivity contribution in [2.24, 2.45) is 0 Å². The minimum absolute atomic E-state index is 0.0968.